The number of thioether (sulfide) groups is 1. The first-order valence-corrected chi connectivity index (χ1v) is 9.12. The SMILES string of the molecule is CCS(=O)(=O)c1ccccc1C(=O)N1CSCC1C(=O)O. The predicted molar refractivity (Wildman–Crippen MR) is 79.1 cm³/mol. The number of benzene rings is 1. The minimum Gasteiger partial charge on any atom is -0.480 e. The van der Waals surface area contributed by atoms with Crippen molar-refractivity contribution in [2.24, 2.45) is 0 Å². The molecule has 0 aromatic heterocycles. The van der Waals surface area contributed by atoms with Gasteiger partial charge in [0.2, 0.25) is 0 Å². The van der Waals surface area contributed by atoms with Crippen LogP contribution in [-0.4, -0.2) is 53.7 Å². The fourth-order valence-corrected chi connectivity index (χ4v) is 4.30. The van der Waals surface area contributed by atoms with Gasteiger partial charge in [-0.15, -0.1) is 11.8 Å². The summed E-state index contributed by atoms with van der Waals surface area (Å²) in [5, 5.41) is 9.13. The summed E-state index contributed by atoms with van der Waals surface area (Å²) >= 11 is 1.34. The van der Waals surface area contributed by atoms with Crippen molar-refractivity contribution in [1.29, 1.82) is 0 Å². The molecule has 1 heterocycles. The molecule has 1 saturated heterocycles. The molecule has 1 amide bonds. The normalized spacial score (nSPS) is 18.7. The summed E-state index contributed by atoms with van der Waals surface area (Å²) in [5.74, 6) is -1.20. The maximum Gasteiger partial charge on any atom is 0.327 e. The average Bonchev–Trinajstić information content (AvgIpc) is 2.96. The summed E-state index contributed by atoms with van der Waals surface area (Å²) in [6.45, 7) is 1.50. The maximum atomic E-state index is 12.5. The summed E-state index contributed by atoms with van der Waals surface area (Å²) < 4.78 is 24.1. The van der Waals surface area contributed by atoms with Crippen molar-refractivity contribution in [3.8, 4) is 0 Å². The molecule has 1 aliphatic rings. The third kappa shape index (κ3) is 3.06. The van der Waals surface area contributed by atoms with Gasteiger partial charge in [0.15, 0.2) is 9.84 Å². The first kappa shape index (κ1) is 15.8. The van der Waals surface area contributed by atoms with Crippen molar-refractivity contribution in [2.45, 2.75) is 17.9 Å². The lowest BCUT2D eigenvalue weighted by molar-refractivity contribution is -0.140. The minimum absolute atomic E-state index is 0.0353. The number of rotatable bonds is 4. The van der Waals surface area contributed by atoms with E-state index in [1.807, 2.05) is 0 Å². The van der Waals surface area contributed by atoms with Crippen LogP contribution in [0.25, 0.3) is 0 Å². The first-order valence-electron chi connectivity index (χ1n) is 6.31. The van der Waals surface area contributed by atoms with Gasteiger partial charge in [0, 0.05) is 5.75 Å². The molecule has 0 spiro atoms. The Balaban J connectivity index is 2.43. The third-order valence-corrected chi connectivity index (χ3v) is 6.06. The van der Waals surface area contributed by atoms with E-state index in [1.54, 1.807) is 12.1 Å². The lowest BCUT2D eigenvalue weighted by atomic mass is 10.2. The van der Waals surface area contributed by atoms with Gasteiger partial charge < -0.3 is 10.0 Å². The fourth-order valence-electron chi connectivity index (χ4n) is 2.07. The summed E-state index contributed by atoms with van der Waals surface area (Å²) in [5.41, 5.74) is 0.0353. The number of carbonyl (C=O) groups is 2. The lowest BCUT2D eigenvalue weighted by Gasteiger charge is -2.21. The molecular weight excluding hydrogens is 314 g/mol. The molecule has 1 N–H and O–H groups in total. The van der Waals surface area contributed by atoms with Crippen LogP contribution >= 0.6 is 11.8 Å². The van der Waals surface area contributed by atoms with Crippen LogP contribution in [0.4, 0.5) is 0 Å². The zero-order chi connectivity index (χ0) is 15.6. The predicted octanol–water partition coefficient (Wildman–Crippen LogP) is 1.08. The van der Waals surface area contributed by atoms with E-state index in [4.69, 9.17) is 5.11 Å². The van der Waals surface area contributed by atoms with E-state index in [-0.39, 0.29) is 22.1 Å². The highest BCUT2D eigenvalue weighted by molar-refractivity contribution is 7.99. The molecule has 1 atom stereocenters. The van der Waals surface area contributed by atoms with Gasteiger partial charge in [0.05, 0.1) is 22.1 Å². The Morgan fingerprint density at radius 3 is 2.67 bits per heavy atom. The number of carboxylic acid groups (broad SMARTS) is 1. The van der Waals surface area contributed by atoms with E-state index in [0.717, 1.165) is 0 Å². The van der Waals surface area contributed by atoms with E-state index in [0.29, 0.717) is 5.75 Å². The summed E-state index contributed by atoms with van der Waals surface area (Å²) in [7, 11) is -3.54. The van der Waals surface area contributed by atoms with Gasteiger partial charge in [0.1, 0.15) is 6.04 Å². The molecule has 1 unspecified atom stereocenters. The number of nitrogens with zero attached hydrogens (tertiary/aromatic N) is 1. The number of carbonyl (C=O) groups excluding carboxylic acids is 1. The largest absolute Gasteiger partial charge is 0.480 e. The Labute approximate surface area is 127 Å². The summed E-state index contributed by atoms with van der Waals surface area (Å²) in [4.78, 5) is 24.9. The van der Waals surface area contributed by atoms with Crippen molar-refractivity contribution in [3.63, 3.8) is 0 Å². The lowest BCUT2D eigenvalue weighted by Crippen LogP contribution is -2.42. The second-order valence-corrected chi connectivity index (χ2v) is 7.77. The van der Waals surface area contributed by atoms with Gasteiger partial charge in [-0.2, -0.15) is 0 Å². The highest BCUT2D eigenvalue weighted by atomic mass is 32.2. The van der Waals surface area contributed by atoms with E-state index < -0.39 is 27.8 Å². The second kappa shape index (κ2) is 6.07. The van der Waals surface area contributed by atoms with Crippen molar-refractivity contribution in [2.75, 3.05) is 17.4 Å². The topological polar surface area (TPSA) is 91.8 Å². The van der Waals surface area contributed by atoms with Crippen LogP contribution in [0.5, 0.6) is 0 Å². The molecule has 1 aromatic carbocycles. The van der Waals surface area contributed by atoms with Gasteiger partial charge in [-0.3, -0.25) is 4.79 Å². The number of aliphatic carboxylic acids is 1. The number of hydrogen-bond donors (Lipinski definition) is 1. The molecule has 2 rings (SSSR count). The Hall–Kier alpha value is -1.54. The summed E-state index contributed by atoms with van der Waals surface area (Å²) in [6, 6.07) is 5.01. The Kier molecular flexibility index (Phi) is 4.58. The summed E-state index contributed by atoms with van der Waals surface area (Å²) in [6.07, 6.45) is 0. The standard InChI is InChI=1S/C13H15NO5S2/c1-2-21(18,19)11-6-4-3-5-9(11)12(15)14-8-20-7-10(14)13(16)17/h3-6,10H,2,7-8H2,1H3,(H,16,17). The van der Waals surface area contributed by atoms with E-state index in [2.05, 4.69) is 0 Å². The highest BCUT2D eigenvalue weighted by Crippen LogP contribution is 2.26. The first-order chi connectivity index (χ1) is 9.88. The molecule has 21 heavy (non-hydrogen) atoms. The number of hydrogen-bond acceptors (Lipinski definition) is 5. The minimum atomic E-state index is -3.54. The molecule has 0 saturated carbocycles. The smallest absolute Gasteiger partial charge is 0.327 e. The number of carboxylic acids is 1. The van der Waals surface area contributed by atoms with E-state index in [9.17, 15) is 18.0 Å². The van der Waals surface area contributed by atoms with Gasteiger partial charge in [0.25, 0.3) is 5.91 Å². The van der Waals surface area contributed by atoms with Crippen LogP contribution in [0.3, 0.4) is 0 Å². The maximum absolute atomic E-state index is 12.5. The van der Waals surface area contributed by atoms with E-state index in [1.165, 1.54) is 35.7 Å². The average molecular weight is 329 g/mol. The highest BCUT2D eigenvalue weighted by Gasteiger charge is 2.36. The second-order valence-electron chi connectivity index (χ2n) is 4.53. The fraction of sp³-hybridized carbons (Fsp3) is 0.385. The van der Waals surface area contributed by atoms with Crippen LogP contribution in [0.15, 0.2) is 29.2 Å². The van der Waals surface area contributed by atoms with Crippen LogP contribution < -0.4 is 0 Å². The van der Waals surface area contributed by atoms with Gasteiger partial charge >= 0.3 is 5.97 Å². The molecule has 0 radical (unpaired) electrons. The zero-order valence-electron chi connectivity index (χ0n) is 11.4. The molecule has 6 nitrogen and oxygen atoms in total. The van der Waals surface area contributed by atoms with Gasteiger partial charge in [-0.25, -0.2) is 13.2 Å². The van der Waals surface area contributed by atoms with Crippen LogP contribution in [0.2, 0.25) is 0 Å². The van der Waals surface area contributed by atoms with Crippen molar-refractivity contribution in [3.05, 3.63) is 29.8 Å². The van der Waals surface area contributed by atoms with Crippen LogP contribution in [-0.2, 0) is 14.6 Å². The monoisotopic (exact) mass is 329 g/mol. The number of amides is 1. The van der Waals surface area contributed by atoms with Crippen LogP contribution in [0.1, 0.15) is 17.3 Å². The van der Waals surface area contributed by atoms with Crippen LogP contribution in [0, 0.1) is 0 Å². The molecule has 0 aliphatic carbocycles. The third-order valence-electron chi connectivity index (χ3n) is 3.26. The molecule has 8 heteroatoms. The Bertz CT molecular complexity index is 671. The van der Waals surface area contributed by atoms with E-state index >= 15 is 0 Å². The molecule has 1 aromatic rings. The molecule has 114 valence electrons. The Morgan fingerprint density at radius 2 is 2.05 bits per heavy atom. The van der Waals surface area contributed by atoms with Gasteiger partial charge in [-0.1, -0.05) is 19.1 Å². The molecular formula is C13H15NO5S2. The zero-order valence-corrected chi connectivity index (χ0v) is 13.0. The molecule has 0 bridgehead atoms. The molecule has 1 aliphatic heterocycles. The van der Waals surface area contributed by atoms with Gasteiger partial charge in [-0.05, 0) is 12.1 Å². The van der Waals surface area contributed by atoms with Crippen molar-refractivity contribution >= 4 is 33.5 Å². The number of sulfone groups is 1. The Morgan fingerprint density at radius 1 is 1.38 bits per heavy atom. The quantitative estimate of drug-likeness (QED) is 0.889. The van der Waals surface area contributed by atoms with Crippen molar-refractivity contribution < 1.29 is 23.1 Å². The molecule has 1 fully saturated rings. The van der Waals surface area contributed by atoms with Crippen molar-refractivity contribution in [1.82, 2.24) is 4.90 Å².